The second kappa shape index (κ2) is 24.7. The Hall–Kier alpha value is 1.60. The predicted molar refractivity (Wildman–Crippen MR) is 157 cm³/mol. The quantitative estimate of drug-likeness (QED) is 0.0777. The fourth-order valence-corrected chi connectivity index (χ4v) is 37.9. The molecule has 0 saturated heterocycles. The first-order chi connectivity index (χ1) is 15.0. The molecule has 0 spiro atoms. The molecule has 0 unspecified atom stereocenters. The normalized spacial score (nSPS) is 10.8. The molecule has 0 aliphatic rings. The fourth-order valence-electron chi connectivity index (χ4n) is 2.37. The molecule has 0 rings (SSSR count). The molecule has 0 aromatic carbocycles. The zero-order chi connectivity index (χ0) is 23.2. The van der Waals surface area contributed by atoms with E-state index >= 15 is 0 Å². The summed E-state index contributed by atoms with van der Waals surface area (Å²) in [6, 6.07) is 0. The molecule has 0 aliphatic carbocycles. The Bertz CT molecular complexity index is 415. The number of thiocarbonyl (C=S) groups is 3. The minimum atomic E-state index is -2.39. The fraction of sp³-hybridized carbons (Fsp3) is 0.857. The van der Waals surface area contributed by atoms with Gasteiger partial charge in [-0.25, -0.2) is 0 Å². The molecule has 0 atom stereocenters. The summed E-state index contributed by atoms with van der Waals surface area (Å²) in [5.41, 5.74) is 0. The van der Waals surface area contributed by atoms with E-state index in [1.165, 1.54) is 57.8 Å². The van der Waals surface area contributed by atoms with Crippen LogP contribution in [0.2, 0.25) is 0 Å². The van der Waals surface area contributed by atoms with Crippen molar-refractivity contribution in [2.24, 2.45) is 0 Å². The third-order valence-electron chi connectivity index (χ3n) is 4.10. The van der Waals surface area contributed by atoms with Crippen LogP contribution in [-0.2, 0) is 14.2 Å². The SMILES string of the molecule is CCCCCCOC(=S)[S][Bi]([S]C(=S)OCCCCCC)[S]C(=S)OCCCCCC. The zero-order valence-electron chi connectivity index (χ0n) is 19.2. The van der Waals surface area contributed by atoms with Crippen LogP contribution >= 0.6 is 62.2 Å². The third-order valence-corrected chi connectivity index (χ3v) is 33.8. The Labute approximate surface area is 222 Å². The number of hydrogen-bond acceptors (Lipinski definition) is 9. The van der Waals surface area contributed by atoms with Crippen molar-refractivity contribution < 1.29 is 14.2 Å². The van der Waals surface area contributed by atoms with Gasteiger partial charge in [-0.3, -0.25) is 0 Å². The van der Waals surface area contributed by atoms with E-state index in [1.54, 1.807) is 25.6 Å². The molecular formula is C21H39BiO3S6. The van der Waals surface area contributed by atoms with E-state index < -0.39 is 17.4 Å². The maximum absolute atomic E-state index is 5.78. The topological polar surface area (TPSA) is 27.7 Å². The van der Waals surface area contributed by atoms with Crippen molar-refractivity contribution in [1.29, 1.82) is 0 Å². The van der Waals surface area contributed by atoms with Gasteiger partial charge in [0.05, 0.1) is 0 Å². The van der Waals surface area contributed by atoms with Crippen LogP contribution in [-0.4, -0.2) is 50.3 Å². The van der Waals surface area contributed by atoms with Gasteiger partial charge in [0.1, 0.15) is 0 Å². The van der Waals surface area contributed by atoms with E-state index in [9.17, 15) is 0 Å². The van der Waals surface area contributed by atoms with Gasteiger partial charge in [-0.2, -0.15) is 0 Å². The Balaban J connectivity index is 4.43. The molecule has 0 N–H and O–H groups in total. The molecule has 0 radical (unpaired) electrons. The van der Waals surface area contributed by atoms with Crippen LogP contribution in [0.4, 0.5) is 0 Å². The van der Waals surface area contributed by atoms with E-state index in [4.69, 9.17) is 50.9 Å². The number of rotatable bonds is 18. The van der Waals surface area contributed by atoms with E-state index in [-0.39, 0.29) is 0 Å². The molecular weight excluding hydrogens is 702 g/mol. The Morgan fingerprint density at radius 2 is 0.806 bits per heavy atom. The third kappa shape index (κ3) is 23.1. The molecule has 0 aliphatic heterocycles. The van der Waals surface area contributed by atoms with Gasteiger partial charge >= 0.3 is 225 Å². The first-order valence-corrected chi connectivity index (χ1v) is 27.7. The number of hydrogen-bond donors (Lipinski definition) is 0. The van der Waals surface area contributed by atoms with Gasteiger partial charge in [0.2, 0.25) is 0 Å². The summed E-state index contributed by atoms with van der Waals surface area (Å²) >= 11 is 14.1. The molecule has 31 heavy (non-hydrogen) atoms. The van der Waals surface area contributed by atoms with E-state index in [1.807, 2.05) is 0 Å². The van der Waals surface area contributed by atoms with Crippen LogP contribution in [0.15, 0.2) is 0 Å². The first-order valence-electron chi connectivity index (χ1n) is 11.4. The van der Waals surface area contributed by atoms with Crippen molar-refractivity contribution in [1.82, 2.24) is 0 Å². The van der Waals surface area contributed by atoms with Gasteiger partial charge in [-0.05, 0) is 0 Å². The zero-order valence-corrected chi connectivity index (χ0v) is 27.6. The van der Waals surface area contributed by atoms with Crippen LogP contribution in [0.3, 0.4) is 0 Å². The van der Waals surface area contributed by atoms with Crippen molar-refractivity contribution in [3.05, 3.63) is 0 Å². The first kappa shape index (κ1) is 32.6. The molecule has 0 bridgehead atoms. The van der Waals surface area contributed by atoms with E-state index in [2.05, 4.69) is 20.8 Å². The standard InChI is InChI=1S/3C7H14OS2.Bi/c3*1-2-3-4-5-6-8-7(9)10;/h3*2-6H2,1H3,(H,9,10);/q;;;+3/p-3. The summed E-state index contributed by atoms with van der Waals surface area (Å²) in [5.74, 6) is 0. The van der Waals surface area contributed by atoms with Crippen LogP contribution in [0, 0.1) is 0 Å². The number of ether oxygens (including phenoxy) is 3. The van der Waals surface area contributed by atoms with Crippen LogP contribution in [0.5, 0.6) is 0 Å². The molecule has 0 heterocycles. The molecule has 3 nitrogen and oxygen atoms in total. The minimum absolute atomic E-state index is 0.616. The summed E-state index contributed by atoms with van der Waals surface area (Å²) in [7, 11) is 4.99. The van der Waals surface area contributed by atoms with Gasteiger partial charge in [0, 0.05) is 0 Å². The van der Waals surface area contributed by atoms with Crippen molar-refractivity contribution >= 4 is 92.7 Å². The summed E-state index contributed by atoms with van der Waals surface area (Å²) in [6.45, 7) is 8.69. The molecule has 10 heteroatoms. The van der Waals surface area contributed by atoms with E-state index in [0.29, 0.717) is 33.0 Å². The Kier molecular flexibility index (Phi) is 26.0. The van der Waals surface area contributed by atoms with Crippen LogP contribution in [0.25, 0.3) is 0 Å². The van der Waals surface area contributed by atoms with Crippen molar-refractivity contribution in [2.75, 3.05) is 19.8 Å². The summed E-state index contributed by atoms with van der Waals surface area (Å²) < 4.78 is 19.2. The Morgan fingerprint density at radius 3 is 1.06 bits per heavy atom. The summed E-state index contributed by atoms with van der Waals surface area (Å²) in [5, 5.41) is 0. The van der Waals surface area contributed by atoms with Crippen molar-refractivity contribution in [3.8, 4) is 0 Å². The van der Waals surface area contributed by atoms with Crippen LogP contribution < -0.4 is 0 Å². The van der Waals surface area contributed by atoms with Gasteiger partial charge in [0.15, 0.2) is 0 Å². The van der Waals surface area contributed by atoms with Gasteiger partial charge < -0.3 is 0 Å². The second-order valence-corrected chi connectivity index (χ2v) is 34.3. The second-order valence-electron chi connectivity index (χ2n) is 6.97. The molecule has 0 saturated carbocycles. The van der Waals surface area contributed by atoms with Gasteiger partial charge in [-0.15, -0.1) is 0 Å². The molecule has 0 fully saturated rings. The summed E-state index contributed by atoms with van der Waals surface area (Å²) in [4.78, 5) is 0. The van der Waals surface area contributed by atoms with Crippen molar-refractivity contribution in [3.63, 3.8) is 0 Å². The van der Waals surface area contributed by atoms with E-state index in [0.717, 1.165) is 19.3 Å². The molecule has 182 valence electrons. The maximum atomic E-state index is 5.78. The molecule has 0 aromatic rings. The Morgan fingerprint density at radius 1 is 0.516 bits per heavy atom. The monoisotopic (exact) mass is 740 g/mol. The molecule has 0 amide bonds. The average molecular weight is 741 g/mol. The van der Waals surface area contributed by atoms with Gasteiger partial charge in [0.25, 0.3) is 0 Å². The number of unbranched alkanes of at least 4 members (excludes halogenated alkanes) is 9. The summed E-state index contributed by atoms with van der Waals surface area (Å²) in [6.07, 6.45) is 14.1. The predicted octanol–water partition coefficient (Wildman–Crippen LogP) is 8.82. The van der Waals surface area contributed by atoms with Crippen LogP contribution in [0.1, 0.15) is 97.8 Å². The van der Waals surface area contributed by atoms with Crippen molar-refractivity contribution in [2.45, 2.75) is 97.8 Å². The molecule has 0 aromatic heterocycles. The average Bonchev–Trinajstić information content (AvgIpc) is 2.73. The van der Waals surface area contributed by atoms with Gasteiger partial charge in [-0.1, -0.05) is 0 Å².